The van der Waals surface area contributed by atoms with Crippen LogP contribution in [0.2, 0.25) is 0 Å². The number of nitriles is 1. The van der Waals surface area contributed by atoms with Crippen molar-refractivity contribution in [1.29, 1.82) is 5.26 Å². The van der Waals surface area contributed by atoms with E-state index >= 15 is 0 Å². The lowest BCUT2D eigenvalue weighted by molar-refractivity contribution is 0.555. The first-order chi connectivity index (χ1) is 7.38. The molecule has 0 bridgehead atoms. The van der Waals surface area contributed by atoms with Crippen molar-refractivity contribution in [2.24, 2.45) is 0 Å². The van der Waals surface area contributed by atoms with Gasteiger partial charge in [-0.15, -0.1) is 0 Å². The summed E-state index contributed by atoms with van der Waals surface area (Å²) in [6.45, 7) is 3.15. The van der Waals surface area contributed by atoms with Gasteiger partial charge in [0.15, 0.2) is 0 Å². The molecule has 0 N–H and O–H groups in total. The van der Waals surface area contributed by atoms with Gasteiger partial charge >= 0.3 is 0 Å². The Morgan fingerprint density at radius 2 is 2.00 bits per heavy atom. The van der Waals surface area contributed by atoms with E-state index in [1.54, 1.807) is 6.20 Å². The van der Waals surface area contributed by atoms with Gasteiger partial charge in [-0.3, -0.25) is 0 Å². The van der Waals surface area contributed by atoms with Gasteiger partial charge in [0.1, 0.15) is 6.07 Å². The van der Waals surface area contributed by atoms with E-state index in [0.29, 0.717) is 5.82 Å². The fourth-order valence-electron chi connectivity index (χ4n) is 1.67. The molecule has 0 aliphatic carbocycles. The van der Waals surface area contributed by atoms with E-state index in [0.717, 1.165) is 13.0 Å². The highest BCUT2D eigenvalue weighted by atomic mass is 15.1. The molecule has 15 heavy (non-hydrogen) atoms. The number of rotatable bonds is 7. The minimum atomic E-state index is 0.531. The van der Waals surface area contributed by atoms with E-state index in [-0.39, 0.29) is 0 Å². The maximum Gasteiger partial charge on any atom is 0.212 e. The Morgan fingerprint density at radius 3 is 2.73 bits per heavy atom. The van der Waals surface area contributed by atoms with Crippen LogP contribution in [0.5, 0.6) is 0 Å². The molecule has 0 amide bonds. The zero-order valence-electron chi connectivity index (χ0n) is 9.45. The molecule has 3 heteroatoms. The van der Waals surface area contributed by atoms with Crippen molar-refractivity contribution in [3.8, 4) is 6.07 Å². The summed E-state index contributed by atoms with van der Waals surface area (Å²) in [4.78, 5) is 3.96. The van der Waals surface area contributed by atoms with Crippen LogP contribution < -0.4 is 0 Å². The van der Waals surface area contributed by atoms with Crippen LogP contribution >= 0.6 is 0 Å². The van der Waals surface area contributed by atoms with Crippen LogP contribution in [-0.4, -0.2) is 9.55 Å². The van der Waals surface area contributed by atoms with Crippen LogP contribution in [0.25, 0.3) is 0 Å². The summed E-state index contributed by atoms with van der Waals surface area (Å²) in [5, 5.41) is 8.75. The second-order valence-electron chi connectivity index (χ2n) is 3.82. The van der Waals surface area contributed by atoms with E-state index < -0.39 is 0 Å². The summed E-state index contributed by atoms with van der Waals surface area (Å²) in [5.41, 5.74) is 0. The summed E-state index contributed by atoms with van der Waals surface area (Å²) < 4.78 is 1.93. The topological polar surface area (TPSA) is 41.6 Å². The molecule has 3 nitrogen and oxygen atoms in total. The average Bonchev–Trinajstić information content (AvgIpc) is 2.70. The summed E-state index contributed by atoms with van der Waals surface area (Å²) >= 11 is 0. The summed E-state index contributed by atoms with van der Waals surface area (Å²) in [7, 11) is 0. The number of hydrogen-bond donors (Lipinski definition) is 0. The van der Waals surface area contributed by atoms with Crippen molar-refractivity contribution in [2.45, 2.75) is 52.0 Å². The molecule has 0 aliphatic rings. The molecular weight excluding hydrogens is 186 g/mol. The van der Waals surface area contributed by atoms with Gasteiger partial charge in [-0.1, -0.05) is 39.0 Å². The Bertz CT molecular complexity index is 309. The van der Waals surface area contributed by atoms with Gasteiger partial charge in [-0.05, 0) is 6.42 Å². The van der Waals surface area contributed by atoms with Gasteiger partial charge in [0.25, 0.3) is 0 Å². The molecule has 0 spiro atoms. The molecule has 0 fully saturated rings. The lowest BCUT2D eigenvalue weighted by atomic mass is 10.1. The molecule has 0 unspecified atom stereocenters. The predicted molar refractivity (Wildman–Crippen MR) is 60.3 cm³/mol. The Hall–Kier alpha value is -1.30. The molecule has 0 aromatic carbocycles. The van der Waals surface area contributed by atoms with Gasteiger partial charge in [-0.2, -0.15) is 5.26 Å². The van der Waals surface area contributed by atoms with Crippen LogP contribution in [0.15, 0.2) is 12.4 Å². The third-order valence-corrected chi connectivity index (χ3v) is 2.57. The van der Waals surface area contributed by atoms with Crippen molar-refractivity contribution in [1.82, 2.24) is 9.55 Å². The smallest absolute Gasteiger partial charge is 0.212 e. The fourth-order valence-corrected chi connectivity index (χ4v) is 1.67. The summed E-state index contributed by atoms with van der Waals surface area (Å²) in [5.74, 6) is 0.531. The highest BCUT2D eigenvalue weighted by molar-refractivity contribution is 5.10. The predicted octanol–water partition coefficient (Wildman–Crippen LogP) is 3.12. The highest BCUT2D eigenvalue weighted by Gasteiger charge is 1.99. The third kappa shape index (κ3) is 4.16. The maximum absolute atomic E-state index is 8.75. The molecule has 0 aliphatic heterocycles. The second kappa shape index (κ2) is 7.05. The first-order valence-electron chi connectivity index (χ1n) is 5.79. The zero-order valence-corrected chi connectivity index (χ0v) is 9.45. The Labute approximate surface area is 91.7 Å². The van der Waals surface area contributed by atoms with Crippen molar-refractivity contribution < 1.29 is 0 Å². The molecule has 1 rings (SSSR count). The van der Waals surface area contributed by atoms with Crippen molar-refractivity contribution >= 4 is 0 Å². The monoisotopic (exact) mass is 205 g/mol. The number of aryl methyl sites for hydroxylation is 1. The first kappa shape index (κ1) is 11.8. The Morgan fingerprint density at radius 1 is 1.27 bits per heavy atom. The maximum atomic E-state index is 8.75. The van der Waals surface area contributed by atoms with Gasteiger partial charge in [0.2, 0.25) is 5.82 Å². The number of unbranched alkanes of at least 4 members (excludes halogenated alkanes) is 5. The molecule has 0 atom stereocenters. The molecule has 0 saturated carbocycles. The quantitative estimate of drug-likeness (QED) is 0.642. The van der Waals surface area contributed by atoms with Crippen molar-refractivity contribution in [3.63, 3.8) is 0 Å². The van der Waals surface area contributed by atoms with Gasteiger partial charge in [0, 0.05) is 18.9 Å². The Balaban J connectivity index is 2.13. The van der Waals surface area contributed by atoms with Crippen molar-refractivity contribution in [2.75, 3.05) is 0 Å². The van der Waals surface area contributed by atoms with Crippen LogP contribution in [0.1, 0.15) is 51.3 Å². The van der Waals surface area contributed by atoms with Crippen LogP contribution in [0.3, 0.4) is 0 Å². The lowest BCUT2D eigenvalue weighted by Crippen LogP contribution is -1.99. The van der Waals surface area contributed by atoms with Crippen LogP contribution in [0, 0.1) is 11.3 Å². The molecule has 82 valence electrons. The lowest BCUT2D eigenvalue weighted by Gasteiger charge is -2.03. The molecular formula is C12H19N3. The fraction of sp³-hybridized carbons (Fsp3) is 0.667. The van der Waals surface area contributed by atoms with E-state index in [1.807, 2.05) is 10.8 Å². The minimum absolute atomic E-state index is 0.531. The molecule has 0 radical (unpaired) electrons. The van der Waals surface area contributed by atoms with E-state index in [2.05, 4.69) is 18.0 Å². The molecule has 1 aromatic heterocycles. The standard InChI is InChI=1S/C12H19N3/c1-2-3-4-5-6-7-9-15-10-8-14-12(15)11-13/h8,10H,2-7,9H2,1H3. The van der Waals surface area contributed by atoms with Gasteiger partial charge < -0.3 is 4.57 Å². The zero-order chi connectivity index (χ0) is 10.9. The van der Waals surface area contributed by atoms with E-state index in [1.165, 1.54) is 32.1 Å². The molecule has 1 heterocycles. The van der Waals surface area contributed by atoms with Crippen LogP contribution in [-0.2, 0) is 6.54 Å². The molecule has 0 saturated heterocycles. The highest BCUT2D eigenvalue weighted by Crippen LogP contribution is 2.07. The van der Waals surface area contributed by atoms with E-state index in [9.17, 15) is 0 Å². The summed E-state index contributed by atoms with van der Waals surface area (Å²) in [6.07, 6.45) is 11.3. The minimum Gasteiger partial charge on any atom is -0.323 e. The Kier molecular flexibility index (Phi) is 5.54. The first-order valence-corrected chi connectivity index (χ1v) is 5.79. The van der Waals surface area contributed by atoms with Crippen LogP contribution in [0.4, 0.5) is 0 Å². The number of hydrogen-bond acceptors (Lipinski definition) is 2. The largest absolute Gasteiger partial charge is 0.323 e. The SMILES string of the molecule is CCCCCCCCn1ccnc1C#N. The number of aromatic nitrogens is 2. The number of nitrogens with zero attached hydrogens (tertiary/aromatic N) is 3. The average molecular weight is 205 g/mol. The summed E-state index contributed by atoms with van der Waals surface area (Å²) in [6, 6.07) is 2.09. The second-order valence-corrected chi connectivity index (χ2v) is 3.82. The van der Waals surface area contributed by atoms with E-state index in [4.69, 9.17) is 5.26 Å². The normalized spacial score (nSPS) is 10.1. The van der Waals surface area contributed by atoms with Gasteiger partial charge in [0.05, 0.1) is 0 Å². The number of imidazole rings is 1. The molecule has 1 aromatic rings. The third-order valence-electron chi connectivity index (χ3n) is 2.57. The van der Waals surface area contributed by atoms with Crippen molar-refractivity contribution in [3.05, 3.63) is 18.2 Å². The van der Waals surface area contributed by atoms with Gasteiger partial charge in [-0.25, -0.2) is 4.98 Å².